The van der Waals surface area contributed by atoms with Crippen molar-refractivity contribution in [3.63, 3.8) is 0 Å². The van der Waals surface area contributed by atoms with Crippen molar-refractivity contribution in [3.05, 3.63) is 42.2 Å². The first-order chi connectivity index (χ1) is 12.7. The maximum absolute atomic E-state index is 11.8. The highest BCUT2D eigenvalue weighted by Crippen LogP contribution is 2.26. The van der Waals surface area contributed by atoms with Gasteiger partial charge in [-0.15, -0.1) is 0 Å². The van der Waals surface area contributed by atoms with Gasteiger partial charge >= 0.3 is 0 Å². The number of carbonyl (C=O) groups excluding carboxylic acids is 1. The van der Waals surface area contributed by atoms with Crippen LogP contribution in [-0.4, -0.2) is 43.8 Å². The molecule has 1 aliphatic rings. The highest BCUT2D eigenvalue weighted by atomic mass is 16.2. The second-order valence-electron chi connectivity index (χ2n) is 6.26. The van der Waals surface area contributed by atoms with E-state index in [9.17, 15) is 4.79 Å². The van der Waals surface area contributed by atoms with E-state index in [0.717, 1.165) is 28.7 Å². The fourth-order valence-corrected chi connectivity index (χ4v) is 3.14. The quantitative estimate of drug-likeness (QED) is 0.754. The van der Waals surface area contributed by atoms with Gasteiger partial charge in [-0.2, -0.15) is 0 Å². The Kier molecular flexibility index (Phi) is 4.12. The summed E-state index contributed by atoms with van der Waals surface area (Å²) in [6, 6.07) is 7.79. The summed E-state index contributed by atoms with van der Waals surface area (Å²) in [6.45, 7) is 3.19. The number of aromatic nitrogens is 4. The van der Waals surface area contributed by atoms with Crippen LogP contribution in [0.2, 0.25) is 0 Å². The predicted molar refractivity (Wildman–Crippen MR) is 105 cm³/mol. The molecular weight excluding hydrogens is 328 g/mol. The van der Waals surface area contributed by atoms with Crippen molar-refractivity contribution in [3.8, 4) is 11.5 Å². The summed E-state index contributed by atoms with van der Waals surface area (Å²) in [5, 5.41) is 0. The average Bonchev–Trinajstić information content (AvgIpc) is 3.12. The number of imidazole rings is 1. The van der Waals surface area contributed by atoms with Crippen LogP contribution in [0.1, 0.15) is 28.3 Å². The number of fused-ring (bicyclic) bond motifs is 1. The number of para-hydroxylation sites is 2. The molecule has 0 saturated heterocycles. The third-order valence-electron chi connectivity index (χ3n) is 4.61. The summed E-state index contributed by atoms with van der Waals surface area (Å²) < 4.78 is 0. The van der Waals surface area contributed by atoms with Gasteiger partial charge in [0.15, 0.2) is 11.6 Å². The zero-order valence-electron chi connectivity index (χ0n) is 14.6. The Labute approximate surface area is 153 Å². The van der Waals surface area contributed by atoms with Crippen LogP contribution in [0.5, 0.6) is 0 Å². The van der Waals surface area contributed by atoms with Gasteiger partial charge in [0, 0.05) is 22.4 Å². The van der Waals surface area contributed by atoms with Crippen LogP contribution in [0.25, 0.3) is 28.1 Å². The minimum Gasteiger partial charge on any atom is -0.382 e. The Morgan fingerprint density at radius 1 is 1.35 bits per heavy atom. The third-order valence-corrected chi connectivity index (χ3v) is 4.61. The number of nitrogens with two attached hydrogens (primary N) is 1. The first-order valence-electron chi connectivity index (χ1n) is 8.70. The number of hydrogen-bond acceptors (Lipinski definition) is 5. The molecule has 1 aromatic carbocycles. The van der Waals surface area contributed by atoms with Gasteiger partial charge in [0.05, 0.1) is 22.9 Å². The molecule has 1 amide bonds. The van der Waals surface area contributed by atoms with Crippen molar-refractivity contribution >= 4 is 28.3 Å². The standard InChI is InChI=1S/C19H20N6O.2H2/c1-2-16(26)25-9-7-12(8-10-25)15-11-21-18(20)17(22-15)19-23-13-5-3-4-6-14(13)24-19;;/h3-7,11H,2,8-10H2,1H3,(H2,20,21)(H,23,24);2*1H. The molecule has 136 valence electrons. The Morgan fingerprint density at radius 2 is 2.19 bits per heavy atom. The summed E-state index contributed by atoms with van der Waals surface area (Å²) in [5.74, 6) is 1.12. The van der Waals surface area contributed by atoms with Crippen LogP contribution >= 0.6 is 0 Å². The highest BCUT2D eigenvalue weighted by Gasteiger charge is 2.19. The lowest BCUT2D eigenvalue weighted by molar-refractivity contribution is -0.130. The number of carbonyl (C=O) groups is 1. The smallest absolute Gasteiger partial charge is 0.222 e. The van der Waals surface area contributed by atoms with E-state index in [-0.39, 0.29) is 8.76 Å². The molecule has 7 nitrogen and oxygen atoms in total. The summed E-state index contributed by atoms with van der Waals surface area (Å²) >= 11 is 0. The number of nitrogen functional groups attached to an aromatic ring is 1. The van der Waals surface area contributed by atoms with Crippen molar-refractivity contribution in [2.45, 2.75) is 19.8 Å². The average molecular weight is 352 g/mol. The first-order valence-corrected chi connectivity index (χ1v) is 8.70. The molecule has 0 fully saturated rings. The number of benzene rings is 1. The van der Waals surface area contributed by atoms with Crippen LogP contribution in [0, 0.1) is 0 Å². The summed E-state index contributed by atoms with van der Waals surface area (Å²) in [5.41, 5.74) is 10.2. The number of aromatic amines is 1. The minimum atomic E-state index is 0. The molecule has 0 unspecified atom stereocenters. The molecule has 1 aliphatic heterocycles. The van der Waals surface area contributed by atoms with Gasteiger partial charge in [-0.25, -0.2) is 15.0 Å². The fraction of sp³-hybridized carbons (Fsp3) is 0.263. The van der Waals surface area contributed by atoms with Gasteiger partial charge in [0.25, 0.3) is 0 Å². The van der Waals surface area contributed by atoms with Crippen LogP contribution in [0.15, 0.2) is 36.5 Å². The number of rotatable bonds is 3. The predicted octanol–water partition coefficient (Wildman–Crippen LogP) is 3.12. The SMILES string of the molecule is CCC(=O)N1CC=C(c2cnc(N)c(-c3nc4ccccc4[nH]3)n2)CC1.[HH].[HH]. The highest BCUT2D eigenvalue weighted by molar-refractivity contribution is 5.81. The lowest BCUT2D eigenvalue weighted by Gasteiger charge is -2.26. The Bertz CT molecular complexity index is 984. The Balaban J connectivity index is 0.00000140. The maximum atomic E-state index is 11.8. The van der Waals surface area contributed by atoms with E-state index in [2.05, 4.69) is 15.0 Å². The van der Waals surface area contributed by atoms with E-state index in [1.54, 1.807) is 6.20 Å². The van der Waals surface area contributed by atoms with E-state index in [0.29, 0.717) is 36.8 Å². The van der Waals surface area contributed by atoms with Crippen LogP contribution in [0.4, 0.5) is 5.82 Å². The molecule has 0 aliphatic carbocycles. The number of H-pyrrole nitrogens is 1. The van der Waals surface area contributed by atoms with E-state index in [1.807, 2.05) is 42.2 Å². The number of hydrogen-bond donors (Lipinski definition) is 2. The van der Waals surface area contributed by atoms with Gasteiger partial charge < -0.3 is 15.6 Å². The molecule has 2 aromatic heterocycles. The zero-order valence-corrected chi connectivity index (χ0v) is 14.6. The molecule has 7 heteroatoms. The van der Waals surface area contributed by atoms with E-state index in [4.69, 9.17) is 10.7 Å². The molecule has 3 aromatic rings. The number of nitrogens with zero attached hydrogens (tertiary/aromatic N) is 4. The molecule has 26 heavy (non-hydrogen) atoms. The van der Waals surface area contributed by atoms with Crippen molar-refractivity contribution in [2.75, 3.05) is 18.8 Å². The molecule has 3 heterocycles. The molecule has 3 N–H and O–H groups in total. The molecule has 0 bridgehead atoms. The summed E-state index contributed by atoms with van der Waals surface area (Å²) in [7, 11) is 0. The largest absolute Gasteiger partial charge is 0.382 e. The van der Waals surface area contributed by atoms with Gasteiger partial charge in [0.1, 0.15) is 5.69 Å². The first kappa shape index (κ1) is 16.3. The molecule has 0 spiro atoms. The topological polar surface area (TPSA) is 101 Å². The van der Waals surface area contributed by atoms with Crippen LogP contribution in [0.3, 0.4) is 0 Å². The monoisotopic (exact) mass is 352 g/mol. The van der Waals surface area contributed by atoms with Crippen molar-refractivity contribution in [1.29, 1.82) is 0 Å². The van der Waals surface area contributed by atoms with Crippen molar-refractivity contribution < 1.29 is 7.65 Å². The molecular formula is C19H24N6O. The second-order valence-corrected chi connectivity index (χ2v) is 6.26. The fourth-order valence-electron chi connectivity index (χ4n) is 3.14. The van der Waals surface area contributed by atoms with Crippen molar-refractivity contribution in [1.82, 2.24) is 24.8 Å². The third kappa shape index (κ3) is 2.92. The lowest BCUT2D eigenvalue weighted by Crippen LogP contribution is -2.34. The van der Waals surface area contributed by atoms with Gasteiger partial charge in [0.2, 0.25) is 5.91 Å². The van der Waals surface area contributed by atoms with E-state index < -0.39 is 0 Å². The normalized spacial score (nSPS) is 14.5. The number of anilines is 1. The Morgan fingerprint density at radius 3 is 2.92 bits per heavy atom. The minimum absolute atomic E-state index is 0. The van der Waals surface area contributed by atoms with Crippen LogP contribution in [-0.2, 0) is 4.79 Å². The lowest BCUT2D eigenvalue weighted by atomic mass is 10.0. The zero-order chi connectivity index (χ0) is 18.1. The molecule has 0 radical (unpaired) electrons. The summed E-state index contributed by atoms with van der Waals surface area (Å²) in [4.78, 5) is 30.5. The van der Waals surface area contributed by atoms with Crippen LogP contribution < -0.4 is 5.73 Å². The van der Waals surface area contributed by atoms with Gasteiger partial charge in [-0.05, 0) is 24.1 Å². The summed E-state index contributed by atoms with van der Waals surface area (Å²) in [6.07, 6.45) is 5.01. The number of amides is 1. The second kappa shape index (κ2) is 6.59. The molecule has 0 atom stereocenters. The number of nitrogens with one attached hydrogen (secondary N) is 1. The maximum Gasteiger partial charge on any atom is 0.222 e. The van der Waals surface area contributed by atoms with Crippen molar-refractivity contribution in [2.24, 2.45) is 0 Å². The Hall–Kier alpha value is -3.22. The van der Waals surface area contributed by atoms with Gasteiger partial charge in [-0.1, -0.05) is 25.1 Å². The molecule has 0 saturated carbocycles. The van der Waals surface area contributed by atoms with E-state index >= 15 is 0 Å². The molecule has 4 rings (SSSR count). The van der Waals surface area contributed by atoms with E-state index in [1.165, 1.54) is 0 Å². The van der Waals surface area contributed by atoms with Gasteiger partial charge in [-0.3, -0.25) is 4.79 Å².